The molecule has 0 heterocycles. The van der Waals surface area contributed by atoms with Crippen LogP contribution in [0.2, 0.25) is 0 Å². The molecule has 0 saturated carbocycles. The number of carboxylic acid groups (broad SMARTS) is 1. The van der Waals surface area contributed by atoms with Crippen molar-refractivity contribution in [3.8, 4) is 5.75 Å². The summed E-state index contributed by atoms with van der Waals surface area (Å²) in [6.07, 6.45) is 8.57. The predicted molar refractivity (Wildman–Crippen MR) is 85.8 cm³/mol. The monoisotopic (exact) mass is 288 g/mol. The first-order chi connectivity index (χ1) is 9.95. The van der Waals surface area contributed by atoms with Crippen molar-refractivity contribution in [2.75, 3.05) is 6.61 Å². The Morgan fingerprint density at radius 2 is 2.10 bits per heavy atom. The topological polar surface area (TPSA) is 46.5 Å². The second-order valence-electron chi connectivity index (χ2n) is 5.51. The number of hydrogen-bond acceptors (Lipinski definition) is 2. The minimum Gasteiger partial charge on any atom is -0.494 e. The minimum atomic E-state index is -0.941. The normalized spacial score (nSPS) is 12.1. The highest BCUT2D eigenvalue weighted by Gasteiger charge is 2.17. The lowest BCUT2D eigenvalue weighted by molar-refractivity contribution is -0.131. The SMILES string of the molecule is CCCCOc1cccc(C(C)(C)/C=C/C=C/C(=O)O)c1. The van der Waals surface area contributed by atoms with Crippen LogP contribution in [-0.2, 0) is 10.2 Å². The molecule has 0 aromatic heterocycles. The van der Waals surface area contributed by atoms with Crippen molar-refractivity contribution in [3.05, 3.63) is 54.1 Å². The molecule has 21 heavy (non-hydrogen) atoms. The highest BCUT2D eigenvalue weighted by atomic mass is 16.5. The van der Waals surface area contributed by atoms with E-state index in [1.54, 1.807) is 6.08 Å². The van der Waals surface area contributed by atoms with Gasteiger partial charge in [-0.05, 0) is 24.1 Å². The molecule has 3 heteroatoms. The van der Waals surface area contributed by atoms with Gasteiger partial charge in [-0.3, -0.25) is 0 Å². The quantitative estimate of drug-likeness (QED) is 0.440. The van der Waals surface area contributed by atoms with Crippen molar-refractivity contribution >= 4 is 5.97 Å². The van der Waals surface area contributed by atoms with E-state index in [1.807, 2.05) is 24.3 Å². The van der Waals surface area contributed by atoms with Crippen molar-refractivity contribution in [1.82, 2.24) is 0 Å². The van der Waals surface area contributed by atoms with Crippen LogP contribution in [0.25, 0.3) is 0 Å². The number of ether oxygens (including phenoxy) is 1. The van der Waals surface area contributed by atoms with Gasteiger partial charge in [0.1, 0.15) is 5.75 Å². The molecule has 0 spiro atoms. The lowest BCUT2D eigenvalue weighted by Gasteiger charge is -2.21. The molecule has 0 aliphatic heterocycles. The van der Waals surface area contributed by atoms with E-state index in [1.165, 1.54) is 6.08 Å². The van der Waals surface area contributed by atoms with Crippen LogP contribution in [0.4, 0.5) is 0 Å². The molecule has 1 aromatic rings. The van der Waals surface area contributed by atoms with Gasteiger partial charge in [0, 0.05) is 11.5 Å². The Balaban J connectivity index is 2.77. The first-order valence-corrected chi connectivity index (χ1v) is 7.28. The number of allylic oxidation sites excluding steroid dienone is 3. The lowest BCUT2D eigenvalue weighted by atomic mass is 9.84. The Bertz CT molecular complexity index is 513. The third-order valence-corrected chi connectivity index (χ3v) is 3.21. The molecule has 3 nitrogen and oxygen atoms in total. The maximum Gasteiger partial charge on any atom is 0.328 e. The van der Waals surface area contributed by atoms with Gasteiger partial charge < -0.3 is 9.84 Å². The summed E-state index contributed by atoms with van der Waals surface area (Å²) in [4.78, 5) is 10.4. The third kappa shape index (κ3) is 6.30. The predicted octanol–water partition coefficient (Wildman–Crippen LogP) is 4.34. The summed E-state index contributed by atoms with van der Waals surface area (Å²) in [6, 6.07) is 8.04. The zero-order valence-electron chi connectivity index (χ0n) is 13.0. The van der Waals surface area contributed by atoms with Crippen LogP contribution in [0, 0.1) is 0 Å². The standard InChI is InChI=1S/C18H24O3/c1-4-5-13-21-16-10-8-9-15(14-16)18(2,3)12-7-6-11-17(19)20/h6-12,14H,4-5,13H2,1-3H3,(H,19,20)/b11-6+,12-7+. The van der Waals surface area contributed by atoms with Crippen molar-refractivity contribution < 1.29 is 14.6 Å². The van der Waals surface area contributed by atoms with E-state index in [0.29, 0.717) is 0 Å². The molecule has 0 atom stereocenters. The van der Waals surface area contributed by atoms with Gasteiger partial charge in [-0.2, -0.15) is 0 Å². The fraction of sp³-hybridized carbons (Fsp3) is 0.389. The molecule has 0 fully saturated rings. The maximum atomic E-state index is 10.4. The van der Waals surface area contributed by atoms with Gasteiger partial charge >= 0.3 is 5.97 Å². The molecule has 0 aliphatic carbocycles. The number of hydrogen-bond donors (Lipinski definition) is 1. The zero-order chi connectivity index (χ0) is 15.7. The van der Waals surface area contributed by atoms with Crippen LogP contribution in [0.3, 0.4) is 0 Å². The Morgan fingerprint density at radius 3 is 2.76 bits per heavy atom. The number of aliphatic carboxylic acids is 1. The van der Waals surface area contributed by atoms with E-state index >= 15 is 0 Å². The molecule has 1 rings (SSSR count). The van der Waals surface area contributed by atoms with Crippen molar-refractivity contribution in [2.24, 2.45) is 0 Å². The van der Waals surface area contributed by atoms with Gasteiger partial charge in [0.15, 0.2) is 0 Å². The molecule has 1 N–H and O–H groups in total. The number of carboxylic acids is 1. The van der Waals surface area contributed by atoms with Crippen molar-refractivity contribution in [3.63, 3.8) is 0 Å². The number of carbonyl (C=O) groups is 1. The Kier molecular flexibility index (Phi) is 6.73. The first kappa shape index (κ1) is 17.0. The average molecular weight is 288 g/mol. The summed E-state index contributed by atoms with van der Waals surface area (Å²) in [6.45, 7) is 7.04. The van der Waals surface area contributed by atoms with Gasteiger partial charge in [-0.15, -0.1) is 0 Å². The van der Waals surface area contributed by atoms with E-state index in [0.717, 1.165) is 36.8 Å². The molecule has 0 amide bonds. The van der Waals surface area contributed by atoms with Gasteiger partial charge in [-0.1, -0.05) is 57.6 Å². The Hall–Kier alpha value is -2.03. The smallest absolute Gasteiger partial charge is 0.328 e. The summed E-state index contributed by atoms with van der Waals surface area (Å²) in [7, 11) is 0. The molecular formula is C18H24O3. The number of rotatable bonds is 8. The second kappa shape index (κ2) is 8.30. The van der Waals surface area contributed by atoms with Crippen LogP contribution in [0.5, 0.6) is 5.75 Å². The van der Waals surface area contributed by atoms with E-state index in [4.69, 9.17) is 9.84 Å². The molecule has 0 bridgehead atoms. The maximum absolute atomic E-state index is 10.4. The van der Waals surface area contributed by atoms with E-state index in [9.17, 15) is 4.79 Å². The van der Waals surface area contributed by atoms with Crippen LogP contribution >= 0.6 is 0 Å². The van der Waals surface area contributed by atoms with E-state index in [-0.39, 0.29) is 5.41 Å². The molecule has 0 unspecified atom stereocenters. The van der Waals surface area contributed by atoms with Gasteiger partial charge in [0.05, 0.1) is 6.61 Å². The van der Waals surface area contributed by atoms with Crippen LogP contribution < -0.4 is 4.74 Å². The van der Waals surface area contributed by atoms with E-state index in [2.05, 4.69) is 26.8 Å². The summed E-state index contributed by atoms with van der Waals surface area (Å²) in [5.41, 5.74) is 0.948. The highest BCUT2D eigenvalue weighted by Crippen LogP contribution is 2.27. The third-order valence-electron chi connectivity index (χ3n) is 3.21. The molecule has 0 saturated heterocycles. The molecule has 114 valence electrons. The Labute approximate surface area is 127 Å². The first-order valence-electron chi connectivity index (χ1n) is 7.28. The summed E-state index contributed by atoms with van der Waals surface area (Å²) < 4.78 is 5.72. The molecule has 1 aromatic carbocycles. The second-order valence-corrected chi connectivity index (χ2v) is 5.51. The largest absolute Gasteiger partial charge is 0.494 e. The molecule has 0 radical (unpaired) electrons. The van der Waals surface area contributed by atoms with Crippen LogP contribution in [0.15, 0.2) is 48.6 Å². The van der Waals surface area contributed by atoms with Crippen LogP contribution in [0.1, 0.15) is 39.2 Å². The average Bonchev–Trinajstić information content (AvgIpc) is 2.44. The fourth-order valence-electron chi connectivity index (χ4n) is 1.85. The van der Waals surface area contributed by atoms with Crippen molar-refractivity contribution in [1.29, 1.82) is 0 Å². The molecular weight excluding hydrogens is 264 g/mol. The summed E-state index contributed by atoms with van der Waals surface area (Å²) >= 11 is 0. The van der Waals surface area contributed by atoms with Crippen molar-refractivity contribution in [2.45, 2.75) is 39.0 Å². The van der Waals surface area contributed by atoms with E-state index < -0.39 is 5.97 Å². The Morgan fingerprint density at radius 1 is 1.33 bits per heavy atom. The number of benzene rings is 1. The fourth-order valence-corrected chi connectivity index (χ4v) is 1.85. The van der Waals surface area contributed by atoms with Gasteiger partial charge in [0.25, 0.3) is 0 Å². The lowest BCUT2D eigenvalue weighted by Crippen LogP contribution is -2.13. The van der Waals surface area contributed by atoms with Gasteiger partial charge in [0.2, 0.25) is 0 Å². The van der Waals surface area contributed by atoms with Crippen LogP contribution in [-0.4, -0.2) is 17.7 Å². The van der Waals surface area contributed by atoms with Gasteiger partial charge in [-0.25, -0.2) is 4.79 Å². The molecule has 0 aliphatic rings. The minimum absolute atomic E-state index is 0.188. The highest BCUT2D eigenvalue weighted by molar-refractivity contribution is 5.80. The summed E-state index contributed by atoms with van der Waals surface area (Å²) in [5, 5.41) is 8.56. The number of unbranched alkanes of at least 4 members (excludes halogenated alkanes) is 1. The zero-order valence-corrected chi connectivity index (χ0v) is 13.0. The summed E-state index contributed by atoms with van der Waals surface area (Å²) in [5.74, 6) is -0.0627.